The zero-order valence-corrected chi connectivity index (χ0v) is 26.4. The normalized spacial score (nSPS) is 17.6. The number of aromatic amines is 1. The molecule has 0 unspecified atom stereocenters. The molecule has 1 aromatic heterocycles. The van der Waals surface area contributed by atoms with E-state index < -0.39 is 35.9 Å². The Morgan fingerprint density at radius 3 is 2.25 bits per heavy atom. The van der Waals surface area contributed by atoms with Crippen molar-refractivity contribution in [1.29, 1.82) is 0 Å². The number of benzene rings is 2. The van der Waals surface area contributed by atoms with Crippen molar-refractivity contribution >= 4 is 39.5 Å². The number of ether oxygens (including phenoxy) is 1. The van der Waals surface area contributed by atoms with Gasteiger partial charge in [0.2, 0.25) is 11.8 Å². The quantitative estimate of drug-likeness (QED) is 0.243. The lowest BCUT2D eigenvalue weighted by Gasteiger charge is -2.36. The van der Waals surface area contributed by atoms with E-state index in [1.54, 1.807) is 45.0 Å². The van der Waals surface area contributed by atoms with E-state index in [0.29, 0.717) is 43.5 Å². The van der Waals surface area contributed by atoms with Crippen LogP contribution in [0.5, 0.6) is 0 Å². The molecule has 1 heterocycles. The number of H-pyrrole nitrogens is 1. The number of nitrogens with zero attached hydrogens (tertiary/aromatic N) is 3. The highest BCUT2D eigenvalue weighted by atomic mass is 79.9. The molecule has 0 aliphatic heterocycles. The number of hydrogen-bond donors (Lipinski definition) is 3. The Bertz CT molecular complexity index is 1430. The zero-order chi connectivity index (χ0) is 32.0. The summed E-state index contributed by atoms with van der Waals surface area (Å²) in [7, 11) is 0. The van der Waals surface area contributed by atoms with Gasteiger partial charge in [-0.25, -0.2) is 18.6 Å². The van der Waals surface area contributed by atoms with Crippen LogP contribution in [0, 0.1) is 11.8 Å². The summed E-state index contributed by atoms with van der Waals surface area (Å²) < 4.78 is 32.2. The first-order valence-corrected chi connectivity index (χ1v) is 15.2. The van der Waals surface area contributed by atoms with E-state index in [1.165, 1.54) is 4.90 Å². The minimum atomic E-state index is -2.79. The van der Waals surface area contributed by atoms with Crippen molar-refractivity contribution in [1.82, 2.24) is 20.5 Å². The van der Waals surface area contributed by atoms with Crippen LogP contribution in [-0.2, 0) is 20.7 Å². The molecule has 236 valence electrons. The van der Waals surface area contributed by atoms with Gasteiger partial charge in [0.05, 0.1) is 0 Å². The summed E-state index contributed by atoms with van der Waals surface area (Å²) in [6.45, 7) is 5.85. The first kappa shape index (κ1) is 33.0. The Labute approximate surface area is 263 Å². The van der Waals surface area contributed by atoms with Crippen LogP contribution in [0.3, 0.4) is 0 Å². The molecule has 1 atom stereocenters. The number of anilines is 1. The Kier molecular flexibility index (Phi) is 10.7. The smallest absolute Gasteiger partial charge is 0.407 e. The third-order valence-electron chi connectivity index (χ3n) is 7.46. The number of nitrogens with two attached hydrogens (primary N) is 1. The van der Waals surface area contributed by atoms with E-state index in [0.717, 1.165) is 10.0 Å². The molecule has 4 rings (SSSR count). The highest BCUT2D eigenvalue weighted by Crippen LogP contribution is 2.33. The standard InChI is InChI=1S/C31H37BrF2N6O4/c1-31(2,3)44-30(43)36-17-19-4-8-21(9-5-19)29(42)40(24(26(35)41)16-18-6-12-22(32)13-7-18)23-14-10-20(11-15-23)27-37-28(25(33)34)39-38-27/h6-7,10-15,19,21,24-25H,4-5,8-9,16-17H2,1-3H3,(H2,35,41)(H,36,43)(H,37,38,39)/t19?,21?,24-/m0/s1. The maximum Gasteiger partial charge on any atom is 0.407 e. The van der Waals surface area contributed by atoms with E-state index in [-0.39, 0.29) is 30.0 Å². The number of primary amides is 1. The maximum absolute atomic E-state index is 14.2. The van der Waals surface area contributed by atoms with Gasteiger partial charge in [0.15, 0.2) is 11.6 Å². The minimum Gasteiger partial charge on any atom is -0.444 e. The molecule has 1 fully saturated rings. The molecule has 1 aliphatic carbocycles. The number of aromatic nitrogens is 3. The number of halogens is 3. The molecule has 1 saturated carbocycles. The van der Waals surface area contributed by atoms with Gasteiger partial charge in [-0.15, -0.1) is 0 Å². The van der Waals surface area contributed by atoms with E-state index in [9.17, 15) is 23.2 Å². The summed E-state index contributed by atoms with van der Waals surface area (Å²) in [5.74, 6) is -1.51. The average molecular weight is 676 g/mol. The Morgan fingerprint density at radius 1 is 1.07 bits per heavy atom. The van der Waals surface area contributed by atoms with Crippen molar-refractivity contribution in [3.05, 3.63) is 64.4 Å². The van der Waals surface area contributed by atoms with Crippen molar-refractivity contribution in [2.75, 3.05) is 11.4 Å². The highest BCUT2D eigenvalue weighted by molar-refractivity contribution is 9.10. The van der Waals surface area contributed by atoms with Crippen LogP contribution in [0.15, 0.2) is 53.0 Å². The molecule has 13 heteroatoms. The second kappa shape index (κ2) is 14.3. The first-order chi connectivity index (χ1) is 20.8. The van der Waals surface area contributed by atoms with Crippen LogP contribution < -0.4 is 16.0 Å². The van der Waals surface area contributed by atoms with Crippen molar-refractivity contribution in [3.8, 4) is 11.4 Å². The summed E-state index contributed by atoms with van der Waals surface area (Å²) in [6, 6.07) is 13.0. The Balaban J connectivity index is 1.54. The van der Waals surface area contributed by atoms with Gasteiger partial charge in [0, 0.05) is 34.6 Å². The Hall–Kier alpha value is -3.87. The molecular formula is C31H37BrF2N6O4. The highest BCUT2D eigenvalue weighted by Gasteiger charge is 2.36. The maximum atomic E-state index is 14.2. The number of amides is 3. The lowest BCUT2D eigenvalue weighted by Crippen LogP contribution is -2.52. The second-order valence-electron chi connectivity index (χ2n) is 11.9. The summed E-state index contributed by atoms with van der Waals surface area (Å²) in [6.07, 6.45) is -0.491. The van der Waals surface area contributed by atoms with E-state index in [4.69, 9.17) is 10.5 Å². The Morgan fingerprint density at radius 2 is 1.70 bits per heavy atom. The zero-order valence-electron chi connectivity index (χ0n) is 24.9. The molecule has 0 spiro atoms. The third kappa shape index (κ3) is 8.84. The van der Waals surface area contributed by atoms with Gasteiger partial charge < -0.3 is 15.8 Å². The van der Waals surface area contributed by atoms with Crippen LogP contribution in [-0.4, -0.2) is 51.3 Å². The number of alkyl carbamates (subject to hydrolysis) is 1. The molecule has 0 saturated heterocycles. The van der Waals surface area contributed by atoms with Crippen molar-refractivity contribution in [2.24, 2.45) is 17.6 Å². The summed E-state index contributed by atoms with van der Waals surface area (Å²) in [5, 5.41) is 8.90. The third-order valence-corrected chi connectivity index (χ3v) is 7.99. The van der Waals surface area contributed by atoms with Crippen molar-refractivity contribution in [3.63, 3.8) is 0 Å². The number of alkyl halides is 2. The molecule has 1 aliphatic rings. The summed E-state index contributed by atoms with van der Waals surface area (Å²) >= 11 is 3.41. The van der Waals surface area contributed by atoms with Crippen LogP contribution in [0.1, 0.15) is 64.3 Å². The largest absolute Gasteiger partial charge is 0.444 e. The van der Waals surface area contributed by atoms with Crippen LogP contribution >= 0.6 is 15.9 Å². The van der Waals surface area contributed by atoms with Gasteiger partial charge in [-0.2, -0.15) is 5.10 Å². The predicted molar refractivity (Wildman–Crippen MR) is 165 cm³/mol. The van der Waals surface area contributed by atoms with Crippen LogP contribution in [0.25, 0.3) is 11.4 Å². The van der Waals surface area contributed by atoms with E-state index in [1.807, 2.05) is 24.3 Å². The summed E-state index contributed by atoms with van der Waals surface area (Å²) in [5.41, 5.74) is 7.05. The predicted octanol–water partition coefficient (Wildman–Crippen LogP) is 5.93. The van der Waals surface area contributed by atoms with Gasteiger partial charge in [0.25, 0.3) is 6.43 Å². The number of rotatable bonds is 10. The number of nitrogens with one attached hydrogen (secondary N) is 2. The fourth-order valence-corrected chi connectivity index (χ4v) is 5.51. The SMILES string of the molecule is CC(C)(C)OC(=O)NCC1CCC(C(=O)N(c2ccc(-c3n[nH]c(C(F)F)n3)cc2)[C@@H](Cc2ccc(Br)cc2)C(N)=O)CC1. The fraction of sp³-hybridized carbons (Fsp3) is 0.452. The van der Waals surface area contributed by atoms with Gasteiger partial charge in [0.1, 0.15) is 11.6 Å². The first-order valence-electron chi connectivity index (χ1n) is 14.4. The van der Waals surface area contributed by atoms with Crippen LogP contribution in [0.2, 0.25) is 0 Å². The lowest BCUT2D eigenvalue weighted by molar-refractivity contribution is -0.127. The van der Waals surface area contributed by atoms with E-state index >= 15 is 0 Å². The molecule has 2 aromatic carbocycles. The molecule has 0 bridgehead atoms. The average Bonchev–Trinajstić information content (AvgIpc) is 3.47. The van der Waals surface area contributed by atoms with Crippen LogP contribution in [0.4, 0.5) is 19.3 Å². The molecular weight excluding hydrogens is 638 g/mol. The number of hydrogen-bond acceptors (Lipinski definition) is 6. The molecule has 3 amide bonds. The van der Waals surface area contributed by atoms with Gasteiger partial charge in [-0.1, -0.05) is 28.1 Å². The summed E-state index contributed by atoms with van der Waals surface area (Å²) in [4.78, 5) is 44.4. The van der Waals surface area contributed by atoms with Gasteiger partial charge >= 0.3 is 6.09 Å². The molecule has 10 nitrogen and oxygen atoms in total. The minimum absolute atomic E-state index is 0.0874. The molecule has 44 heavy (non-hydrogen) atoms. The molecule has 3 aromatic rings. The van der Waals surface area contributed by atoms with Gasteiger partial charge in [-0.3, -0.25) is 19.6 Å². The second-order valence-corrected chi connectivity index (χ2v) is 12.9. The van der Waals surface area contributed by atoms with E-state index in [2.05, 4.69) is 36.4 Å². The molecule has 4 N–H and O–H groups in total. The lowest BCUT2D eigenvalue weighted by atomic mass is 9.81. The fourth-order valence-electron chi connectivity index (χ4n) is 5.25. The monoisotopic (exact) mass is 674 g/mol. The number of carbonyl (C=O) groups excluding carboxylic acids is 3. The topological polar surface area (TPSA) is 143 Å². The van der Waals surface area contributed by atoms with Crippen molar-refractivity contribution < 1.29 is 27.9 Å². The van der Waals surface area contributed by atoms with Crippen molar-refractivity contribution in [2.45, 2.75) is 70.9 Å². The number of carbonyl (C=O) groups is 3. The molecule has 0 radical (unpaired) electrons. The van der Waals surface area contributed by atoms with Gasteiger partial charge in [-0.05, 0) is 94.3 Å².